The highest BCUT2D eigenvalue weighted by Crippen LogP contribution is 2.29. The Morgan fingerprint density at radius 1 is 1.17 bits per heavy atom. The third-order valence-corrected chi connectivity index (χ3v) is 4.17. The molecule has 7 heteroatoms. The van der Waals surface area contributed by atoms with E-state index in [-0.39, 0.29) is 24.3 Å². The Morgan fingerprint density at radius 3 is 2.46 bits per heavy atom. The Hall–Kier alpha value is -2.28. The highest BCUT2D eigenvalue weighted by molar-refractivity contribution is 5.94. The van der Waals surface area contributed by atoms with Crippen molar-refractivity contribution in [3.63, 3.8) is 0 Å². The Balaban J connectivity index is 1.89. The number of carbonyl (C=O) groups excluding carboxylic acids is 2. The zero-order chi connectivity index (χ0) is 17.5. The first-order valence-corrected chi connectivity index (χ1v) is 7.89. The summed E-state index contributed by atoms with van der Waals surface area (Å²) < 4.78 is 15.2. The number of amides is 1. The lowest BCUT2D eigenvalue weighted by atomic mass is 9.97. The average Bonchev–Trinajstić information content (AvgIpc) is 2.61. The number of rotatable bonds is 6. The largest absolute Gasteiger partial charge is 0.497 e. The van der Waals surface area contributed by atoms with Gasteiger partial charge in [-0.2, -0.15) is 0 Å². The van der Waals surface area contributed by atoms with Gasteiger partial charge in [-0.15, -0.1) is 0 Å². The molecular weight excluding hydrogens is 312 g/mol. The second-order valence-electron chi connectivity index (χ2n) is 5.69. The van der Waals surface area contributed by atoms with Crippen molar-refractivity contribution in [2.45, 2.75) is 12.8 Å². The molecule has 1 N–H and O–H groups in total. The molecule has 0 aliphatic carbocycles. The van der Waals surface area contributed by atoms with Crippen LogP contribution in [-0.4, -0.2) is 57.7 Å². The number of nitrogens with zero attached hydrogens (tertiary/aromatic N) is 1. The molecule has 1 heterocycles. The van der Waals surface area contributed by atoms with Crippen LogP contribution in [0.15, 0.2) is 18.2 Å². The highest BCUT2D eigenvalue weighted by Gasteiger charge is 2.26. The first-order chi connectivity index (χ1) is 11.6. The molecule has 0 atom stereocenters. The van der Waals surface area contributed by atoms with Crippen molar-refractivity contribution in [1.82, 2.24) is 4.90 Å². The molecule has 24 heavy (non-hydrogen) atoms. The van der Waals surface area contributed by atoms with Crippen molar-refractivity contribution >= 4 is 17.6 Å². The summed E-state index contributed by atoms with van der Waals surface area (Å²) in [5.41, 5.74) is 0.575. The van der Waals surface area contributed by atoms with Crippen LogP contribution in [0.5, 0.6) is 11.5 Å². The van der Waals surface area contributed by atoms with Crippen LogP contribution in [-0.2, 0) is 14.3 Å². The van der Waals surface area contributed by atoms with Gasteiger partial charge in [-0.05, 0) is 38.1 Å². The van der Waals surface area contributed by atoms with Crippen molar-refractivity contribution in [3.05, 3.63) is 18.2 Å². The standard InChI is InChI=1S/C17H24N2O5/c1-22-13-4-5-15(23-2)14(10-13)18-16(20)11-19-8-6-12(7-9-19)17(21)24-3/h4-5,10,12H,6-9,11H2,1-3H3,(H,18,20). The number of piperidine rings is 1. The quantitative estimate of drug-likeness (QED) is 0.794. The van der Waals surface area contributed by atoms with Crippen LogP contribution in [0.1, 0.15) is 12.8 Å². The van der Waals surface area contributed by atoms with E-state index in [1.165, 1.54) is 7.11 Å². The molecule has 1 aromatic carbocycles. The number of nitrogens with one attached hydrogen (secondary N) is 1. The third-order valence-electron chi connectivity index (χ3n) is 4.17. The summed E-state index contributed by atoms with van der Waals surface area (Å²) in [7, 11) is 4.53. The molecule has 1 amide bonds. The minimum Gasteiger partial charge on any atom is -0.497 e. The van der Waals surface area contributed by atoms with Gasteiger partial charge in [0.25, 0.3) is 0 Å². The molecule has 1 fully saturated rings. The number of carbonyl (C=O) groups is 2. The fourth-order valence-electron chi connectivity index (χ4n) is 2.80. The molecule has 1 aliphatic heterocycles. The van der Waals surface area contributed by atoms with E-state index in [1.54, 1.807) is 32.4 Å². The normalized spacial score (nSPS) is 15.6. The van der Waals surface area contributed by atoms with Gasteiger partial charge in [0.15, 0.2) is 0 Å². The predicted molar refractivity (Wildman–Crippen MR) is 89.4 cm³/mol. The molecular formula is C17H24N2O5. The van der Waals surface area contributed by atoms with Crippen LogP contribution in [0.3, 0.4) is 0 Å². The molecule has 0 unspecified atom stereocenters. The van der Waals surface area contributed by atoms with Gasteiger partial charge in [-0.25, -0.2) is 0 Å². The summed E-state index contributed by atoms with van der Waals surface area (Å²) in [6, 6.07) is 5.24. The van der Waals surface area contributed by atoms with Crippen molar-refractivity contribution in [3.8, 4) is 11.5 Å². The topological polar surface area (TPSA) is 77.1 Å². The van der Waals surface area contributed by atoms with E-state index in [0.717, 1.165) is 0 Å². The molecule has 7 nitrogen and oxygen atoms in total. The van der Waals surface area contributed by atoms with Gasteiger partial charge < -0.3 is 19.5 Å². The summed E-state index contributed by atoms with van der Waals surface area (Å²) in [4.78, 5) is 25.8. The molecule has 1 aromatic rings. The summed E-state index contributed by atoms with van der Waals surface area (Å²) >= 11 is 0. The fraction of sp³-hybridized carbons (Fsp3) is 0.529. The Morgan fingerprint density at radius 2 is 1.88 bits per heavy atom. The molecule has 0 spiro atoms. The lowest BCUT2D eigenvalue weighted by Crippen LogP contribution is -2.41. The minimum absolute atomic E-state index is 0.0622. The second kappa shape index (κ2) is 8.54. The molecule has 1 aliphatic rings. The van der Waals surface area contributed by atoms with Crippen LogP contribution in [0.25, 0.3) is 0 Å². The van der Waals surface area contributed by atoms with Crippen molar-refractivity contribution < 1.29 is 23.8 Å². The van der Waals surface area contributed by atoms with Crippen molar-refractivity contribution in [1.29, 1.82) is 0 Å². The van der Waals surface area contributed by atoms with Crippen molar-refractivity contribution in [2.75, 3.05) is 46.3 Å². The lowest BCUT2D eigenvalue weighted by Gasteiger charge is -2.30. The van der Waals surface area contributed by atoms with Gasteiger partial charge in [-0.1, -0.05) is 0 Å². The van der Waals surface area contributed by atoms with Crippen LogP contribution in [0, 0.1) is 5.92 Å². The highest BCUT2D eigenvalue weighted by atomic mass is 16.5. The van der Waals surface area contributed by atoms with Gasteiger partial charge in [0, 0.05) is 6.07 Å². The summed E-state index contributed by atoms with van der Waals surface area (Å²) in [5, 5.41) is 2.85. The lowest BCUT2D eigenvalue weighted by molar-refractivity contribution is -0.147. The van der Waals surface area contributed by atoms with E-state index >= 15 is 0 Å². The van der Waals surface area contributed by atoms with E-state index in [2.05, 4.69) is 5.32 Å². The van der Waals surface area contributed by atoms with Crippen LogP contribution in [0.4, 0.5) is 5.69 Å². The summed E-state index contributed by atoms with van der Waals surface area (Å²) in [6.07, 6.45) is 1.42. The first kappa shape index (κ1) is 18.1. The number of hydrogen-bond acceptors (Lipinski definition) is 6. The van der Waals surface area contributed by atoms with Gasteiger partial charge in [0.1, 0.15) is 11.5 Å². The molecule has 0 radical (unpaired) electrons. The molecule has 0 saturated carbocycles. The van der Waals surface area contributed by atoms with E-state index < -0.39 is 0 Å². The summed E-state index contributed by atoms with van der Waals surface area (Å²) in [6.45, 7) is 1.67. The number of benzene rings is 1. The van der Waals surface area contributed by atoms with E-state index in [4.69, 9.17) is 14.2 Å². The summed E-state index contributed by atoms with van der Waals surface area (Å²) in [5.74, 6) is 0.865. The second-order valence-corrected chi connectivity index (χ2v) is 5.69. The van der Waals surface area contributed by atoms with Gasteiger partial charge >= 0.3 is 5.97 Å². The number of likely N-dealkylation sites (tertiary alicyclic amines) is 1. The zero-order valence-electron chi connectivity index (χ0n) is 14.3. The molecule has 2 rings (SSSR count). The van der Waals surface area contributed by atoms with E-state index in [0.29, 0.717) is 43.1 Å². The van der Waals surface area contributed by atoms with Crippen molar-refractivity contribution in [2.24, 2.45) is 5.92 Å². The Kier molecular flexibility index (Phi) is 6.43. The first-order valence-electron chi connectivity index (χ1n) is 7.89. The maximum absolute atomic E-state index is 12.3. The number of hydrogen-bond donors (Lipinski definition) is 1. The number of esters is 1. The van der Waals surface area contributed by atoms with Crippen LogP contribution < -0.4 is 14.8 Å². The van der Waals surface area contributed by atoms with Crippen LogP contribution >= 0.6 is 0 Å². The third kappa shape index (κ3) is 4.61. The van der Waals surface area contributed by atoms with Gasteiger partial charge in [-0.3, -0.25) is 14.5 Å². The number of methoxy groups -OCH3 is 3. The van der Waals surface area contributed by atoms with E-state index in [1.807, 2.05) is 4.90 Å². The number of anilines is 1. The number of ether oxygens (including phenoxy) is 3. The molecule has 132 valence electrons. The van der Waals surface area contributed by atoms with Gasteiger partial charge in [0.2, 0.25) is 5.91 Å². The minimum atomic E-state index is -0.166. The Labute approximate surface area is 141 Å². The molecule has 0 bridgehead atoms. The maximum Gasteiger partial charge on any atom is 0.308 e. The zero-order valence-corrected chi connectivity index (χ0v) is 14.3. The Bertz CT molecular complexity index is 582. The predicted octanol–water partition coefficient (Wildman–Crippen LogP) is 1.53. The maximum atomic E-state index is 12.3. The SMILES string of the molecule is COC(=O)C1CCN(CC(=O)Nc2cc(OC)ccc2OC)CC1. The fourth-order valence-corrected chi connectivity index (χ4v) is 2.80. The molecule has 0 aromatic heterocycles. The average molecular weight is 336 g/mol. The molecule has 1 saturated heterocycles. The van der Waals surface area contributed by atoms with Crippen LogP contribution in [0.2, 0.25) is 0 Å². The monoisotopic (exact) mass is 336 g/mol. The smallest absolute Gasteiger partial charge is 0.308 e. The van der Waals surface area contributed by atoms with Gasteiger partial charge in [0.05, 0.1) is 39.5 Å². The van der Waals surface area contributed by atoms with E-state index in [9.17, 15) is 9.59 Å².